The summed E-state index contributed by atoms with van der Waals surface area (Å²) in [6, 6.07) is 18.0. The van der Waals surface area contributed by atoms with E-state index in [0.717, 1.165) is 40.8 Å². The molecular weight excluding hydrogens is 612 g/mol. The number of rotatable bonds is 4. The van der Waals surface area contributed by atoms with Crippen molar-refractivity contribution in [2.45, 2.75) is 6.54 Å². The molecule has 0 bridgehead atoms. The summed E-state index contributed by atoms with van der Waals surface area (Å²) in [5.74, 6) is 0.427. The summed E-state index contributed by atoms with van der Waals surface area (Å²) < 4.78 is 7.49. The zero-order valence-electron chi connectivity index (χ0n) is 15.3. The first-order valence-corrected chi connectivity index (χ1v) is 11.7. The number of methoxy groups -OCH3 is 1. The Hall–Kier alpha value is -1.59. The molecule has 0 radical (unpaired) electrons. The van der Waals surface area contributed by atoms with Gasteiger partial charge in [0.15, 0.2) is 0 Å². The molecule has 4 rings (SSSR count). The molecule has 1 fully saturated rings. The van der Waals surface area contributed by atoms with Gasteiger partial charge < -0.3 is 4.74 Å². The minimum Gasteiger partial charge on any atom is -0.495 e. The Kier molecular flexibility index (Phi) is 6.16. The van der Waals surface area contributed by atoms with Crippen molar-refractivity contribution in [1.29, 1.82) is 0 Å². The van der Waals surface area contributed by atoms with E-state index in [1.807, 2.05) is 54.6 Å². The number of amides is 2. The van der Waals surface area contributed by atoms with Crippen LogP contribution in [0.5, 0.6) is 5.75 Å². The van der Waals surface area contributed by atoms with Gasteiger partial charge in [0.25, 0.3) is 11.1 Å². The van der Waals surface area contributed by atoms with Crippen molar-refractivity contribution in [3.05, 3.63) is 77.8 Å². The third-order valence-electron chi connectivity index (χ3n) is 4.56. The van der Waals surface area contributed by atoms with Crippen LogP contribution < -0.4 is 4.74 Å². The summed E-state index contributed by atoms with van der Waals surface area (Å²) in [5.41, 5.74) is 1.72. The molecule has 0 spiro atoms. The van der Waals surface area contributed by atoms with Gasteiger partial charge >= 0.3 is 0 Å². The quantitative estimate of drug-likeness (QED) is 0.252. The number of thioether (sulfide) groups is 1. The maximum atomic E-state index is 12.9. The third-order valence-corrected chi connectivity index (χ3v) is 6.89. The van der Waals surface area contributed by atoms with Crippen LogP contribution in [0.15, 0.2) is 59.5 Å². The fraction of sp³-hybridized carbons (Fsp3) is 0.0909. The Morgan fingerprint density at radius 2 is 1.79 bits per heavy atom. The molecule has 0 aliphatic carbocycles. The largest absolute Gasteiger partial charge is 0.495 e. The highest BCUT2D eigenvalue weighted by atomic mass is 127. The number of hydrogen-bond donors (Lipinski definition) is 0. The first-order chi connectivity index (χ1) is 14.0. The number of hydrogen-bond acceptors (Lipinski definition) is 4. The van der Waals surface area contributed by atoms with Crippen molar-refractivity contribution in [3.8, 4) is 5.75 Å². The maximum absolute atomic E-state index is 12.9. The number of halogens is 2. The number of ether oxygens (including phenoxy) is 1. The van der Waals surface area contributed by atoms with Gasteiger partial charge in [0.1, 0.15) is 5.75 Å². The molecule has 3 aromatic carbocycles. The topological polar surface area (TPSA) is 46.6 Å². The van der Waals surface area contributed by atoms with E-state index in [4.69, 9.17) is 4.74 Å². The SMILES string of the molecule is COc1c(I)cc(I)cc1/C=C1\SC(=O)N(Cc2ccc3ccccc3c2)C1=O. The minimum absolute atomic E-state index is 0.256. The fourth-order valence-corrected chi connectivity index (χ4v) is 6.14. The molecule has 146 valence electrons. The van der Waals surface area contributed by atoms with Crippen molar-refractivity contribution < 1.29 is 14.3 Å². The highest BCUT2D eigenvalue weighted by Gasteiger charge is 2.35. The van der Waals surface area contributed by atoms with E-state index in [0.29, 0.717) is 10.7 Å². The van der Waals surface area contributed by atoms with Gasteiger partial charge in [-0.15, -0.1) is 0 Å². The average Bonchev–Trinajstić information content (AvgIpc) is 2.95. The molecule has 7 heteroatoms. The van der Waals surface area contributed by atoms with Gasteiger partial charge in [0.2, 0.25) is 0 Å². The molecule has 1 aliphatic rings. The molecule has 3 aromatic rings. The number of carbonyl (C=O) groups excluding carboxylic acids is 2. The summed E-state index contributed by atoms with van der Waals surface area (Å²) in [4.78, 5) is 27.2. The number of imide groups is 1. The Morgan fingerprint density at radius 1 is 1.03 bits per heavy atom. The van der Waals surface area contributed by atoms with E-state index in [9.17, 15) is 9.59 Å². The fourth-order valence-electron chi connectivity index (χ4n) is 3.20. The summed E-state index contributed by atoms with van der Waals surface area (Å²) in [6.45, 7) is 0.258. The van der Waals surface area contributed by atoms with Crippen LogP contribution in [0, 0.1) is 7.14 Å². The van der Waals surface area contributed by atoms with E-state index >= 15 is 0 Å². The van der Waals surface area contributed by atoms with Crippen LogP contribution in [0.25, 0.3) is 16.8 Å². The van der Waals surface area contributed by atoms with Crippen molar-refractivity contribution in [2.24, 2.45) is 0 Å². The predicted molar refractivity (Wildman–Crippen MR) is 134 cm³/mol. The second-order valence-corrected chi connectivity index (χ2v) is 9.86. The standard InChI is InChI=1S/C22H15I2NO3S/c1-28-20-16(9-17(23)11-18(20)24)10-19-21(26)25(22(27)29-19)12-13-6-7-14-4-2-3-5-15(14)8-13/h2-11H,12H2,1H3/b19-10-. The zero-order valence-corrected chi connectivity index (χ0v) is 20.4. The third kappa shape index (κ3) is 4.31. The highest BCUT2D eigenvalue weighted by molar-refractivity contribution is 14.1. The van der Waals surface area contributed by atoms with Gasteiger partial charge in [-0.05, 0) is 97.6 Å². The Morgan fingerprint density at radius 3 is 2.55 bits per heavy atom. The van der Waals surface area contributed by atoms with Crippen LogP contribution in [0.1, 0.15) is 11.1 Å². The van der Waals surface area contributed by atoms with Crippen LogP contribution in [-0.4, -0.2) is 23.2 Å². The number of fused-ring (bicyclic) bond motifs is 1. The van der Waals surface area contributed by atoms with Crippen molar-refractivity contribution in [3.63, 3.8) is 0 Å². The summed E-state index contributed by atoms with van der Waals surface area (Å²) in [6.07, 6.45) is 1.74. The molecular formula is C22H15I2NO3S. The first-order valence-electron chi connectivity index (χ1n) is 8.72. The molecule has 2 amide bonds. The summed E-state index contributed by atoms with van der Waals surface area (Å²) in [5, 5.41) is 1.96. The van der Waals surface area contributed by atoms with E-state index < -0.39 is 0 Å². The lowest BCUT2D eigenvalue weighted by atomic mass is 10.1. The van der Waals surface area contributed by atoms with Gasteiger partial charge in [-0.25, -0.2) is 0 Å². The van der Waals surface area contributed by atoms with Crippen LogP contribution in [-0.2, 0) is 11.3 Å². The van der Waals surface area contributed by atoms with Crippen LogP contribution in [0.2, 0.25) is 0 Å². The Balaban J connectivity index is 1.63. The highest BCUT2D eigenvalue weighted by Crippen LogP contribution is 2.37. The lowest BCUT2D eigenvalue weighted by Crippen LogP contribution is -2.27. The van der Waals surface area contributed by atoms with Crippen LogP contribution in [0.3, 0.4) is 0 Å². The maximum Gasteiger partial charge on any atom is 0.293 e. The number of benzene rings is 3. The van der Waals surface area contributed by atoms with Gasteiger partial charge in [-0.2, -0.15) is 0 Å². The van der Waals surface area contributed by atoms with E-state index in [-0.39, 0.29) is 17.7 Å². The van der Waals surface area contributed by atoms with Gasteiger partial charge in [-0.1, -0.05) is 36.4 Å². The van der Waals surface area contributed by atoms with Crippen molar-refractivity contribution in [1.82, 2.24) is 4.90 Å². The normalized spacial score (nSPS) is 15.6. The minimum atomic E-state index is -0.274. The number of nitrogens with zero attached hydrogens (tertiary/aromatic N) is 1. The van der Waals surface area contributed by atoms with Crippen LogP contribution in [0.4, 0.5) is 4.79 Å². The van der Waals surface area contributed by atoms with Crippen molar-refractivity contribution in [2.75, 3.05) is 7.11 Å². The molecule has 1 saturated heterocycles. The lowest BCUT2D eigenvalue weighted by molar-refractivity contribution is -0.123. The van der Waals surface area contributed by atoms with E-state index in [2.05, 4.69) is 45.2 Å². The molecule has 0 atom stereocenters. The van der Waals surface area contributed by atoms with E-state index in [1.54, 1.807) is 13.2 Å². The molecule has 0 saturated carbocycles. The Labute approximate surface area is 200 Å². The Bertz CT molecular complexity index is 1180. The second kappa shape index (κ2) is 8.65. The van der Waals surface area contributed by atoms with E-state index in [1.165, 1.54) is 4.90 Å². The first kappa shape index (κ1) is 20.7. The molecule has 0 unspecified atom stereocenters. The second-order valence-electron chi connectivity index (χ2n) is 6.46. The summed E-state index contributed by atoms with van der Waals surface area (Å²) in [7, 11) is 1.60. The van der Waals surface area contributed by atoms with Gasteiger partial charge in [0, 0.05) is 9.13 Å². The summed E-state index contributed by atoms with van der Waals surface area (Å²) >= 11 is 5.40. The molecule has 4 nitrogen and oxygen atoms in total. The van der Waals surface area contributed by atoms with Crippen molar-refractivity contribution >= 4 is 84.9 Å². The van der Waals surface area contributed by atoms with Crippen LogP contribution >= 0.6 is 56.9 Å². The monoisotopic (exact) mass is 627 g/mol. The molecule has 29 heavy (non-hydrogen) atoms. The molecule has 0 N–H and O–H groups in total. The average molecular weight is 627 g/mol. The van der Waals surface area contributed by atoms with Gasteiger partial charge in [0.05, 0.1) is 22.1 Å². The zero-order chi connectivity index (χ0) is 20.5. The van der Waals surface area contributed by atoms with Gasteiger partial charge in [-0.3, -0.25) is 14.5 Å². The number of carbonyl (C=O) groups is 2. The molecule has 1 heterocycles. The smallest absolute Gasteiger partial charge is 0.293 e. The predicted octanol–water partition coefficient (Wildman–Crippen LogP) is 6.29. The lowest BCUT2D eigenvalue weighted by Gasteiger charge is -2.13. The molecule has 1 aliphatic heterocycles. The molecule has 0 aromatic heterocycles.